The van der Waals surface area contributed by atoms with E-state index in [1.165, 1.54) is 12.0 Å². The fourth-order valence-corrected chi connectivity index (χ4v) is 3.26. The third-order valence-electron chi connectivity index (χ3n) is 4.61. The lowest BCUT2D eigenvalue weighted by Crippen LogP contribution is -2.42. The van der Waals surface area contributed by atoms with Crippen molar-refractivity contribution in [2.75, 3.05) is 25.1 Å². The number of nitrogens with zero attached hydrogens (tertiary/aromatic N) is 3. The number of pyridine rings is 1. The molecule has 2 amide bonds. The van der Waals surface area contributed by atoms with Crippen molar-refractivity contribution in [2.45, 2.75) is 65.0 Å². The fraction of sp³-hybridized carbons (Fsp3) is 0.619. The molecule has 0 spiro atoms. The van der Waals surface area contributed by atoms with Gasteiger partial charge in [-0.15, -0.1) is 0 Å². The molecule has 29 heavy (non-hydrogen) atoms. The molecule has 0 bridgehead atoms. The van der Waals surface area contributed by atoms with Crippen molar-refractivity contribution >= 4 is 23.8 Å². The Balaban J connectivity index is 2.03. The molecule has 0 radical (unpaired) electrons. The van der Waals surface area contributed by atoms with Crippen molar-refractivity contribution in [2.24, 2.45) is 0 Å². The van der Waals surface area contributed by atoms with Gasteiger partial charge in [0.1, 0.15) is 17.5 Å². The van der Waals surface area contributed by atoms with Crippen molar-refractivity contribution in [1.82, 2.24) is 9.88 Å². The maximum absolute atomic E-state index is 12.7. The summed E-state index contributed by atoms with van der Waals surface area (Å²) in [6, 6.07) is 3.15. The lowest BCUT2D eigenvalue weighted by Gasteiger charge is -2.27. The van der Waals surface area contributed by atoms with Crippen molar-refractivity contribution in [3.63, 3.8) is 0 Å². The molecule has 8 heteroatoms. The van der Waals surface area contributed by atoms with Crippen LogP contribution in [0.2, 0.25) is 0 Å². The smallest absolute Gasteiger partial charge is 0.416 e. The second-order valence-electron chi connectivity index (χ2n) is 8.20. The number of methoxy groups -OCH3 is 1. The third-order valence-corrected chi connectivity index (χ3v) is 4.61. The van der Waals surface area contributed by atoms with Gasteiger partial charge in [-0.1, -0.05) is 0 Å². The molecule has 1 atom stereocenters. The van der Waals surface area contributed by atoms with Crippen LogP contribution in [0.15, 0.2) is 18.3 Å². The summed E-state index contributed by atoms with van der Waals surface area (Å²) in [4.78, 5) is 44.5. The van der Waals surface area contributed by atoms with Crippen LogP contribution in [0.1, 0.15) is 52.0 Å². The Morgan fingerprint density at radius 1 is 1.31 bits per heavy atom. The average Bonchev–Trinajstić information content (AvgIpc) is 3.12. The van der Waals surface area contributed by atoms with Gasteiger partial charge in [0, 0.05) is 25.7 Å². The number of hydrogen-bond donors (Lipinski definition) is 0. The van der Waals surface area contributed by atoms with Crippen LogP contribution in [-0.4, -0.2) is 59.7 Å². The van der Waals surface area contributed by atoms with E-state index in [0.29, 0.717) is 25.2 Å². The zero-order chi connectivity index (χ0) is 21.6. The first-order valence-electron chi connectivity index (χ1n) is 9.93. The van der Waals surface area contributed by atoms with Crippen molar-refractivity contribution < 1.29 is 23.9 Å². The largest absolute Gasteiger partial charge is 0.467 e. The number of carbonyl (C=O) groups excluding carboxylic acids is 3. The molecule has 0 aromatic carbocycles. The fourth-order valence-electron chi connectivity index (χ4n) is 3.26. The number of anilines is 1. The van der Waals surface area contributed by atoms with Crippen LogP contribution in [0.5, 0.6) is 0 Å². The predicted molar refractivity (Wildman–Crippen MR) is 109 cm³/mol. The predicted octanol–water partition coefficient (Wildman–Crippen LogP) is 3.08. The molecule has 1 aliphatic rings. The second-order valence-corrected chi connectivity index (χ2v) is 8.20. The van der Waals surface area contributed by atoms with E-state index >= 15 is 0 Å². The Kier molecular flexibility index (Phi) is 7.59. The molecular formula is C21H31N3O5. The Morgan fingerprint density at radius 2 is 2.03 bits per heavy atom. The summed E-state index contributed by atoms with van der Waals surface area (Å²) in [6.07, 6.45) is 3.18. The van der Waals surface area contributed by atoms with Gasteiger partial charge in [0.05, 0.1) is 7.11 Å². The highest BCUT2D eigenvalue weighted by atomic mass is 16.6. The van der Waals surface area contributed by atoms with E-state index in [2.05, 4.69) is 4.98 Å². The number of ether oxygens (including phenoxy) is 2. The van der Waals surface area contributed by atoms with Crippen LogP contribution in [0.3, 0.4) is 0 Å². The summed E-state index contributed by atoms with van der Waals surface area (Å²) >= 11 is 0. The number of rotatable bonds is 6. The van der Waals surface area contributed by atoms with Crippen molar-refractivity contribution in [3.05, 3.63) is 23.9 Å². The van der Waals surface area contributed by atoms with Crippen LogP contribution < -0.4 is 4.90 Å². The van der Waals surface area contributed by atoms with Crippen LogP contribution in [-0.2, 0) is 19.1 Å². The molecule has 0 saturated carbocycles. The van der Waals surface area contributed by atoms with Gasteiger partial charge >= 0.3 is 12.1 Å². The molecule has 1 aliphatic heterocycles. The molecular weight excluding hydrogens is 374 g/mol. The van der Waals surface area contributed by atoms with E-state index in [1.807, 2.05) is 13.0 Å². The molecule has 2 heterocycles. The lowest BCUT2D eigenvalue weighted by molar-refractivity contribution is -0.151. The first-order valence-corrected chi connectivity index (χ1v) is 9.93. The van der Waals surface area contributed by atoms with Gasteiger partial charge in [-0.25, -0.2) is 14.6 Å². The summed E-state index contributed by atoms with van der Waals surface area (Å²) in [6.45, 7) is 8.16. The summed E-state index contributed by atoms with van der Waals surface area (Å²) in [5, 5.41) is 0. The summed E-state index contributed by atoms with van der Waals surface area (Å²) in [5.41, 5.74) is 0.329. The molecule has 1 saturated heterocycles. The molecule has 1 aromatic rings. The topological polar surface area (TPSA) is 89.0 Å². The number of aryl methyl sites for hydroxylation is 1. The van der Waals surface area contributed by atoms with Gasteiger partial charge in [0.2, 0.25) is 5.91 Å². The summed E-state index contributed by atoms with van der Waals surface area (Å²) in [5.74, 6) is -0.00487. The highest BCUT2D eigenvalue weighted by molar-refractivity contribution is 5.87. The molecule has 160 valence electrons. The van der Waals surface area contributed by atoms with E-state index in [-0.39, 0.29) is 24.8 Å². The third kappa shape index (κ3) is 6.44. The number of aromatic nitrogens is 1. The van der Waals surface area contributed by atoms with Crippen LogP contribution >= 0.6 is 0 Å². The number of carbonyl (C=O) groups is 3. The lowest BCUT2D eigenvalue weighted by atomic mass is 10.2. The first kappa shape index (κ1) is 22.6. The number of hydrogen-bond acceptors (Lipinski definition) is 6. The number of amides is 2. The minimum Gasteiger partial charge on any atom is -0.467 e. The molecule has 1 aromatic heterocycles. The molecule has 0 N–H and O–H groups in total. The van der Waals surface area contributed by atoms with Crippen molar-refractivity contribution in [3.8, 4) is 0 Å². The number of esters is 1. The van der Waals surface area contributed by atoms with E-state index in [4.69, 9.17) is 9.47 Å². The minimum absolute atomic E-state index is 0.112. The maximum Gasteiger partial charge on any atom is 0.416 e. The summed E-state index contributed by atoms with van der Waals surface area (Å²) in [7, 11) is 1.33. The Labute approximate surface area is 172 Å². The first-order chi connectivity index (χ1) is 13.6. The highest BCUT2D eigenvalue weighted by Gasteiger charge is 2.34. The van der Waals surface area contributed by atoms with E-state index < -0.39 is 17.7 Å². The Morgan fingerprint density at radius 3 is 2.66 bits per heavy atom. The Hall–Kier alpha value is -2.64. The normalized spacial score (nSPS) is 16.4. The highest BCUT2D eigenvalue weighted by Crippen LogP contribution is 2.21. The SMILES string of the molecule is COC(=O)[C@H]1CCCN1C(=O)CCCN(C(=O)OC(C)(C)C)c1cc(C)ccn1. The van der Waals surface area contributed by atoms with Crippen LogP contribution in [0.4, 0.5) is 10.6 Å². The zero-order valence-corrected chi connectivity index (χ0v) is 17.9. The van der Waals surface area contributed by atoms with Crippen LogP contribution in [0.25, 0.3) is 0 Å². The zero-order valence-electron chi connectivity index (χ0n) is 17.9. The molecule has 2 rings (SSSR count). The van der Waals surface area contributed by atoms with Gasteiger partial charge in [-0.05, 0) is 64.7 Å². The van der Waals surface area contributed by atoms with Gasteiger partial charge in [-0.3, -0.25) is 9.69 Å². The van der Waals surface area contributed by atoms with Crippen molar-refractivity contribution in [1.29, 1.82) is 0 Å². The monoisotopic (exact) mass is 405 g/mol. The van der Waals surface area contributed by atoms with Gasteiger partial charge < -0.3 is 14.4 Å². The maximum atomic E-state index is 12.7. The van der Waals surface area contributed by atoms with Gasteiger partial charge in [-0.2, -0.15) is 0 Å². The van der Waals surface area contributed by atoms with Crippen LogP contribution in [0, 0.1) is 6.92 Å². The minimum atomic E-state index is -0.641. The van der Waals surface area contributed by atoms with E-state index in [1.54, 1.807) is 37.9 Å². The molecule has 8 nitrogen and oxygen atoms in total. The second kappa shape index (κ2) is 9.71. The van der Waals surface area contributed by atoms with Gasteiger partial charge in [0.15, 0.2) is 0 Å². The molecule has 0 unspecified atom stereocenters. The standard InChI is InChI=1S/C21H31N3O5/c1-15-10-11-22-17(14-15)24(20(27)29-21(2,3)4)13-7-9-18(25)23-12-6-8-16(23)19(26)28-5/h10-11,14,16H,6-9,12-13H2,1-5H3/t16-/m1/s1. The van der Waals surface area contributed by atoms with E-state index in [9.17, 15) is 14.4 Å². The molecule has 1 fully saturated rings. The quantitative estimate of drug-likeness (QED) is 0.676. The van der Waals surface area contributed by atoms with Gasteiger partial charge in [0.25, 0.3) is 0 Å². The van der Waals surface area contributed by atoms with E-state index in [0.717, 1.165) is 12.0 Å². The number of likely N-dealkylation sites (tertiary alicyclic amines) is 1. The Bertz CT molecular complexity index is 744. The summed E-state index contributed by atoms with van der Waals surface area (Å²) < 4.78 is 10.3. The average molecular weight is 405 g/mol. The molecule has 0 aliphatic carbocycles.